The van der Waals surface area contributed by atoms with Gasteiger partial charge in [0.15, 0.2) is 0 Å². The molecule has 0 aliphatic rings. The molecule has 0 bridgehead atoms. The van der Waals surface area contributed by atoms with Crippen molar-refractivity contribution in [1.29, 1.82) is 0 Å². The topological polar surface area (TPSA) is 30.0 Å². The lowest BCUT2D eigenvalue weighted by Crippen LogP contribution is -2.06. The third kappa shape index (κ3) is 2.26. The van der Waals surface area contributed by atoms with Crippen molar-refractivity contribution in [3.63, 3.8) is 0 Å². The summed E-state index contributed by atoms with van der Waals surface area (Å²) in [5.74, 6) is -0.00815. The van der Waals surface area contributed by atoms with Crippen molar-refractivity contribution in [2.24, 2.45) is 0 Å². The molecule has 0 atom stereocenters. The van der Waals surface area contributed by atoms with Gasteiger partial charge in [-0.05, 0) is 49.6 Å². The Kier molecular flexibility index (Phi) is 3.05. The number of benzene rings is 1. The van der Waals surface area contributed by atoms with Crippen LogP contribution in [0.2, 0.25) is 0 Å². The maximum Gasteiger partial charge on any atom is 0.211 e. The Bertz CT molecular complexity index is 573. The minimum absolute atomic E-state index is 0.00815. The highest BCUT2D eigenvalue weighted by Gasteiger charge is 2.13. The zero-order chi connectivity index (χ0) is 12.4. The first-order valence-electron chi connectivity index (χ1n) is 5.63. The Hall–Kier alpha value is -1.96. The SMILES string of the molecule is Cc1ccc(C(=O)c2ncccc2C)cc1C. The maximum absolute atomic E-state index is 12.3. The van der Waals surface area contributed by atoms with Gasteiger partial charge in [-0.2, -0.15) is 0 Å². The summed E-state index contributed by atoms with van der Waals surface area (Å²) in [4.78, 5) is 16.4. The molecule has 0 unspecified atom stereocenters. The Balaban J connectivity index is 2.44. The van der Waals surface area contributed by atoms with E-state index in [9.17, 15) is 4.79 Å². The fourth-order valence-electron chi connectivity index (χ4n) is 1.74. The van der Waals surface area contributed by atoms with Gasteiger partial charge in [0.25, 0.3) is 0 Å². The minimum Gasteiger partial charge on any atom is -0.287 e. The molecule has 0 spiro atoms. The van der Waals surface area contributed by atoms with E-state index in [1.54, 1.807) is 6.20 Å². The average Bonchev–Trinajstić information content (AvgIpc) is 2.32. The number of nitrogens with zero attached hydrogens (tertiary/aromatic N) is 1. The van der Waals surface area contributed by atoms with Crippen LogP contribution in [0.3, 0.4) is 0 Å². The normalized spacial score (nSPS) is 10.3. The second-order valence-electron chi connectivity index (χ2n) is 4.30. The summed E-state index contributed by atoms with van der Waals surface area (Å²) in [6, 6.07) is 9.50. The Morgan fingerprint density at radius 3 is 2.41 bits per heavy atom. The third-order valence-corrected chi connectivity index (χ3v) is 2.99. The smallest absolute Gasteiger partial charge is 0.211 e. The van der Waals surface area contributed by atoms with Crippen LogP contribution in [0.4, 0.5) is 0 Å². The summed E-state index contributed by atoms with van der Waals surface area (Å²) in [5, 5.41) is 0. The van der Waals surface area contributed by atoms with E-state index in [0.29, 0.717) is 11.3 Å². The molecule has 2 nitrogen and oxygen atoms in total. The van der Waals surface area contributed by atoms with Crippen molar-refractivity contribution in [2.45, 2.75) is 20.8 Å². The number of hydrogen-bond acceptors (Lipinski definition) is 2. The van der Waals surface area contributed by atoms with Crippen LogP contribution in [0, 0.1) is 20.8 Å². The monoisotopic (exact) mass is 225 g/mol. The summed E-state index contributed by atoms with van der Waals surface area (Å²) in [5.41, 5.74) is 4.48. The number of ketones is 1. The Morgan fingerprint density at radius 1 is 1.00 bits per heavy atom. The number of carbonyl (C=O) groups is 1. The minimum atomic E-state index is -0.00815. The molecule has 0 fully saturated rings. The molecule has 1 aromatic carbocycles. The molecule has 86 valence electrons. The number of carbonyl (C=O) groups excluding carboxylic acids is 1. The molecular formula is C15H15NO. The zero-order valence-corrected chi connectivity index (χ0v) is 10.3. The van der Waals surface area contributed by atoms with Gasteiger partial charge in [-0.15, -0.1) is 0 Å². The molecule has 0 saturated heterocycles. The summed E-state index contributed by atoms with van der Waals surface area (Å²) >= 11 is 0. The molecule has 1 heterocycles. The molecule has 2 heteroatoms. The van der Waals surface area contributed by atoms with Crippen molar-refractivity contribution in [2.75, 3.05) is 0 Å². The van der Waals surface area contributed by atoms with E-state index < -0.39 is 0 Å². The number of pyridine rings is 1. The second-order valence-corrected chi connectivity index (χ2v) is 4.30. The zero-order valence-electron chi connectivity index (χ0n) is 10.3. The van der Waals surface area contributed by atoms with Crippen LogP contribution in [-0.2, 0) is 0 Å². The van der Waals surface area contributed by atoms with E-state index in [1.165, 1.54) is 5.56 Å². The molecular weight excluding hydrogens is 210 g/mol. The number of hydrogen-bond donors (Lipinski definition) is 0. The van der Waals surface area contributed by atoms with Gasteiger partial charge in [0, 0.05) is 11.8 Å². The molecule has 0 amide bonds. The summed E-state index contributed by atoms with van der Waals surface area (Å²) in [7, 11) is 0. The van der Waals surface area contributed by atoms with Gasteiger partial charge in [0.1, 0.15) is 5.69 Å². The number of aryl methyl sites for hydroxylation is 3. The van der Waals surface area contributed by atoms with Gasteiger partial charge in [-0.25, -0.2) is 0 Å². The first-order valence-corrected chi connectivity index (χ1v) is 5.63. The summed E-state index contributed by atoms with van der Waals surface area (Å²) in [6.07, 6.45) is 1.65. The fraction of sp³-hybridized carbons (Fsp3) is 0.200. The van der Waals surface area contributed by atoms with Crippen LogP contribution in [0.25, 0.3) is 0 Å². The van der Waals surface area contributed by atoms with Crippen molar-refractivity contribution < 1.29 is 4.79 Å². The summed E-state index contributed by atoms with van der Waals surface area (Å²) < 4.78 is 0. The number of rotatable bonds is 2. The lowest BCUT2D eigenvalue weighted by molar-refractivity contribution is 0.103. The maximum atomic E-state index is 12.3. The van der Waals surface area contributed by atoms with Crippen molar-refractivity contribution >= 4 is 5.78 Å². The van der Waals surface area contributed by atoms with Gasteiger partial charge >= 0.3 is 0 Å². The second kappa shape index (κ2) is 4.50. The predicted molar refractivity (Wildman–Crippen MR) is 68.3 cm³/mol. The molecule has 0 saturated carbocycles. The van der Waals surface area contributed by atoms with Crippen LogP contribution in [-0.4, -0.2) is 10.8 Å². The van der Waals surface area contributed by atoms with Crippen molar-refractivity contribution in [3.8, 4) is 0 Å². The molecule has 0 aliphatic carbocycles. The van der Waals surface area contributed by atoms with Crippen molar-refractivity contribution in [1.82, 2.24) is 4.98 Å². The van der Waals surface area contributed by atoms with E-state index in [2.05, 4.69) is 4.98 Å². The van der Waals surface area contributed by atoms with Crippen LogP contribution in [0.15, 0.2) is 36.5 Å². The number of aromatic nitrogens is 1. The van der Waals surface area contributed by atoms with E-state index in [4.69, 9.17) is 0 Å². The summed E-state index contributed by atoms with van der Waals surface area (Å²) in [6.45, 7) is 5.95. The van der Waals surface area contributed by atoms with Crippen LogP contribution >= 0.6 is 0 Å². The third-order valence-electron chi connectivity index (χ3n) is 2.99. The molecule has 17 heavy (non-hydrogen) atoms. The molecule has 2 rings (SSSR count). The molecule has 1 aromatic heterocycles. The van der Waals surface area contributed by atoms with E-state index in [1.807, 2.05) is 51.1 Å². The first-order chi connectivity index (χ1) is 8.09. The lowest BCUT2D eigenvalue weighted by Gasteiger charge is -2.06. The largest absolute Gasteiger partial charge is 0.287 e. The first kappa shape index (κ1) is 11.5. The standard InChI is InChI=1S/C15H15NO/c1-10-6-7-13(9-12(10)3)15(17)14-11(2)5-4-8-16-14/h4-9H,1-3H3. The van der Waals surface area contributed by atoms with Gasteiger partial charge in [-0.3, -0.25) is 9.78 Å². The highest BCUT2D eigenvalue weighted by atomic mass is 16.1. The van der Waals surface area contributed by atoms with Gasteiger partial charge in [0.2, 0.25) is 5.78 Å². The predicted octanol–water partition coefficient (Wildman–Crippen LogP) is 3.24. The Labute approximate surface area is 101 Å². The van der Waals surface area contributed by atoms with Crippen molar-refractivity contribution in [3.05, 3.63) is 64.5 Å². The lowest BCUT2D eigenvalue weighted by atomic mass is 10.0. The highest BCUT2D eigenvalue weighted by Crippen LogP contribution is 2.15. The quantitative estimate of drug-likeness (QED) is 0.734. The molecule has 0 N–H and O–H groups in total. The average molecular weight is 225 g/mol. The molecule has 0 radical (unpaired) electrons. The van der Waals surface area contributed by atoms with Gasteiger partial charge in [0.05, 0.1) is 0 Å². The fourth-order valence-corrected chi connectivity index (χ4v) is 1.74. The van der Waals surface area contributed by atoms with E-state index >= 15 is 0 Å². The Morgan fingerprint density at radius 2 is 1.76 bits per heavy atom. The van der Waals surface area contributed by atoms with Gasteiger partial charge in [-0.1, -0.05) is 18.2 Å². The van der Waals surface area contributed by atoms with Gasteiger partial charge < -0.3 is 0 Å². The molecule has 0 aliphatic heterocycles. The van der Waals surface area contributed by atoms with Crippen LogP contribution in [0.1, 0.15) is 32.7 Å². The van der Waals surface area contributed by atoms with E-state index in [-0.39, 0.29) is 5.78 Å². The van der Waals surface area contributed by atoms with Crippen LogP contribution < -0.4 is 0 Å². The van der Waals surface area contributed by atoms with E-state index in [0.717, 1.165) is 11.1 Å². The molecule has 2 aromatic rings. The highest BCUT2D eigenvalue weighted by molar-refractivity contribution is 6.08. The van der Waals surface area contributed by atoms with Crippen LogP contribution in [0.5, 0.6) is 0 Å².